The number of nitrogens with one attached hydrogen (secondary N) is 1. The van der Waals surface area contributed by atoms with Crippen molar-refractivity contribution in [3.8, 4) is 5.69 Å². The average Bonchev–Trinajstić information content (AvgIpc) is 2.69. The first-order valence-corrected chi connectivity index (χ1v) is 6.33. The van der Waals surface area contributed by atoms with Crippen LogP contribution in [0.25, 0.3) is 16.7 Å². The average molecular weight is 296 g/mol. The Morgan fingerprint density at radius 3 is 2.78 bits per heavy atom. The van der Waals surface area contributed by atoms with Crippen molar-refractivity contribution in [1.82, 2.24) is 14.5 Å². The molecule has 3 rings (SSSR count). The highest BCUT2D eigenvalue weighted by Crippen LogP contribution is 2.26. The number of aromatic nitrogens is 3. The molecular formula is C12H7Cl2N3S. The molecule has 6 heteroatoms. The maximum absolute atomic E-state index is 6.03. The summed E-state index contributed by atoms with van der Waals surface area (Å²) in [6, 6.07) is 7.30. The van der Waals surface area contributed by atoms with Crippen LogP contribution in [0.1, 0.15) is 0 Å². The predicted molar refractivity (Wildman–Crippen MR) is 76.3 cm³/mol. The summed E-state index contributed by atoms with van der Waals surface area (Å²) in [7, 11) is 0. The molecule has 0 spiro atoms. The second-order valence-electron chi connectivity index (χ2n) is 3.76. The molecule has 3 nitrogen and oxygen atoms in total. The molecule has 1 N–H and O–H groups in total. The molecule has 0 aliphatic heterocycles. The van der Waals surface area contributed by atoms with Gasteiger partial charge in [-0.3, -0.25) is 9.55 Å². The molecule has 0 aliphatic carbocycles. The van der Waals surface area contributed by atoms with Gasteiger partial charge < -0.3 is 4.98 Å². The van der Waals surface area contributed by atoms with E-state index in [1.807, 2.05) is 16.7 Å². The zero-order valence-electron chi connectivity index (χ0n) is 9.02. The Morgan fingerprint density at radius 1 is 1.17 bits per heavy atom. The largest absolute Gasteiger partial charge is 0.329 e. The van der Waals surface area contributed by atoms with Crippen LogP contribution < -0.4 is 0 Å². The monoisotopic (exact) mass is 295 g/mol. The Kier molecular flexibility index (Phi) is 2.86. The first-order valence-electron chi connectivity index (χ1n) is 5.17. The molecule has 0 saturated heterocycles. The molecule has 0 unspecified atom stereocenters. The van der Waals surface area contributed by atoms with Crippen LogP contribution in [-0.2, 0) is 0 Å². The first kappa shape index (κ1) is 11.7. The number of imidazole rings is 1. The second-order valence-corrected chi connectivity index (χ2v) is 4.96. The lowest BCUT2D eigenvalue weighted by Gasteiger charge is -2.05. The molecule has 0 amide bonds. The van der Waals surface area contributed by atoms with Gasteiger partial charge in [0, 0.05) is 6.20 Å². The van der Waals surface area contributed by atoms with Gasteiger partial charge in [0.2, 0.25) is 0 Å². The van der Waals surface area contributed by atoms with E-state index in [1.54, 1.807) is 24.5 Å². The van der Waals surface area contributed by atoms with Crippen molar-refractivity contribution >= 4 is 46.5 Å². The molecule has 1 aromatic carbocycles. The predicted octanol–water partition coefficient (Wildman–Crippen LogP) is 4.39. The molecule has 0 radical (unpaired) electrons. The van der Waals surface area contributed by atoms with Gasteiger partial charge in [-0.1, -0.05) is 23.2 Å². The Bertz CT molecular complexity index is 791. The number of rotatable bonds is 1. The maximum atomic E-state index is 6.03. The van der Waals surface area contributed by atoms with Gasteiger partial charge in [0.15, 0.2) is 4.77 Å². The lowest BCUT2D eigenvalue weighted by atomic mass is 10.3. The Morgan fingerprint density at radius 2 is 2.00 bits per heavy atom. The van der Waals surface area contributed by atoms with E-state index in [0.717, 1.165) is 16.7 Å². The maximum Gasteiger partial charge on any atom is 0.182 e. The van der Waals surface area contributed by atoms with Gasteiger partial charge in [-0.25, -0.2) is 0 Å². The molecular weight excluding hydrogens is 289 g/mol. The first-order chi connectivity index (χ1) is 8.66. The van der Waals surface area contributed by atoms with Crippen LogP contribution in [0.15, 0.2) is 36.7 Å². The van der Waals surface area contributed by atoms with Crippen LogP contribution in [-0.4, -0.2) is 14.5 Å². The molecule has 2 heterocycles. The lowest BCUT2D eigenvalue weighted by molar-refractivity contribution is 1.06. The number of H-pyrrole nitrogens is 1. The number of halogens is 2. The van der Waals surface area contributed by atoms with Crippen molar-refractivity contribution in [1.29, 1.82) is 0 Å². The number of hydrogen-bond donors (Lipinski definition) is 1. The summed E-state index contributed by atoms with van der Waals surface area (Å²) < 4.78 is 2.49. The van der Waals surface area contributed by atoms with Crippen LogP contribution in [0.3, 0.4) is 0 Å². The van der Waals surface area contributed by atoms with Gasteiger partial charge in [-0.2, -0.15) is 0 Å². The van der Waals surface area contributed by atoms with Gasteiger partial charge in [-0.05, 0) is 36.5 Å². The molecule has 3 aromatic rings. The summed E-state index contributed by atoms with van der Waals surface area (Å²) in [5.41, 5.74) is 2.70. The molecule has 2 aromatic heterocycles. The summed E-state index contributed by atoms with van der Waals surface area (Å²) in [5, 5.41) is 1.02. The van der Waals surface area contributed by atoms with Gasteiger partial charge >= 0.3 is 0 Å². The van der Waals surface area contributed by atoms with E-state index in [1.165, 1.54) is 0 Å². The van der Waals surface area contributed by atoms with Crippen molar-refractivity contribution in [3.05, 3.63) is 51.5 Å². The van der Waals surface area contributed by atoms with Crippen molar-refractivity contribution in [2.75, 3.05) is 0 Å². The van der Waals surface area contributed by atoms with E-state index in [4.69, 9.17) is 35.4 Å². The lowest BCUT2D eigenvalue weighted by Crippen LogP contribution is -1.93. The third-order valence-corrected chi connectivity index (χ3v) is 3.67. The standard InChI is InChI=1S/C12H7Cl2N3S/c13-8-2-1-7(5-9(8)14)17-11-3-4-15-6-10(11)16-12(17)18/h1-6H,(H,16,18). The van der Waals surface area contributed by atoms with Crippen LogP contribution in [0.4, 0.5) is 0 Å². The number of hydrogen-bond acceptors (Lipinski definition) is 2. The third kappa shape index (κ3) is 1.82. The molecule has 0 saturated carbocycles. The van der Waals surface area contributed by atoms with Crippen LogP contribution in [0.2, 0.25) is 10.0 Å². The van der Waals surface area contributed by atoms with Crippen molar-refractivity contribution in [2.24, 2.45) is 0 Å². The normalized spacial score (nSPS) is 11.0. The van der Waals surface area contributed by atoms with Crippen LogP contribution >= 0.6 is 35.4 Å². The minimum absolute atomic E-state index is 0.500. The highest BCUT2D eigenvalue weighted by molar-refractivity contribution is 7.71. The molecule has 0 bridgehead atoms. The molecule has 90 valence electrons. The van der Waals surface area contributed by atoms with Gasteiger partial charge in [0.1, 0.15) is 0 Å². The zero-order chi connectivity index (χ0) is 12.7. The minimum Gasteiger partial charge on any atom is -0.329 e. The van der Waals surface area contributed by atoms with E-state index in [9.17, 15) is 0 Å². The highest BCUT2D eigenvalue weighted by Gasteiger charge is 2.07. The summed E-state index contributed by atoms with van der Waals surface area (Å²) >= 11 is 17.3. The number of aromatic amines is 1. The summed E-state index contributed by atoms with van der Waals surface area (Å²) in [6.45, 7) is 0. The highest BCUT2D eigenvalue weighted by atomic mass is 35.5. The number of nitrogens with zero attached hydrogens (tertiary/aromatic N) is 2. The van der Waals surface area contributed by atoms with Crippen LogP contribution in [0.5, 0.6) is 0 Å². The fourth-order valence-electron chi connectivity index (χ4n) is 1.84. The quantitative estimate of drug-likeness (QED) is 0.676. The van der Waals surface area contributed by atoms with E-state index in [2.05, 4.69) is 9.97 Å². The Labute approximate surface area is 118 Å². The third-order valence-electron chi connectivity index (χ3n) is 2.65. The van der Waals surface area contributed by atoms with Crippen molar-refractivity contribution in [3.63, 3.8) is 0 Å². The fourth-order valence-corrected chi connectivity index (χ4v) is 2.45. The SMILES string of the molecule is S=c1[nH]c2cnccc2n1-c1ccc(Cl)c(Cl)c1. The molecule has 0 atom stereocenters. The molecule has 18 heavy (non-hydrogen) atoms. The van der Waals surface area contributed by atoms with Gasteiger partial charge in [-0.15, -0.1) is 0 Å². The Balaban J connectivity index is 2.34. The Hall–Kier alpha value is -1.36. The summed E-state index contributed by atoms with van der Waals surface area (Å²) in [6.07, 6.45) is 3.46. The van der Waals surface area contributed by atoms with Crippen molar-refractivity contribution < 1.29 is 0 Å². The van der Waals surface area contributed by atoms with E-state index in [-0.39, 0.29) is 0 Å². The minimum atomic E-state index is 0.500. The van der Waals surface area contributed by atoms with Gasteiger partial charge in [0.25, 0.3) is 0 Å². The number of benzene rings is 1. The summed E-state index contributed by atoms with van der Waals surface area (Å²) in [4.78, 5) is 7.15. The van der Waals surface area contributed by atoms with Crippen LogP contribution in [0, 0.1) is 4.77 Å². The topological polar surface area (TPSA) is 33.6 Å². The van der Waals surface area contributed by atoms with Crippen molar-refractivity contribution in [2.45, 2.75) is 0 Å². The number of fused-ring (bicyclic) bond motifs is 1. The number of pyridine rings is 1. The fraction of sp³-hybridized carbons (Fsp3) is 0. The van der Waals surface area contributed by atoms with E-state index >= 15 is 0 Å². The van der Waals surface area contributed by atoms with E-state index in [0.29, 0.717) is 14.8 Å². The zero-order valence-corrected chi connectivity index (χ0v) is 11.4. The second kappa shape index (κ2) is 4.39. The van der Waals surface area contributed by atoms with Gasteiger partial charge in [0.05, 0.1) is 33.0 Å². The smallest absolute Gasteiger partial charge is 0.182 e. The molecule has 0 aliphatic rings. The van der Waals surface area contributed by atoms with E-state index < -0.39 is 0 Å². The summed E-state index contributed by atoms with van der Waals surface area (Å²) in [5.74, 6) is 0. The molecule has 0 fully saturated rings.